The number of hydrogen-bond donors (Lipinski definition) is 1. The van der Waals surface area contributed by atoms with Crippen LogP contribution in [0.15, 0.2) is 53.7 Å². The Bertz CT molecular complexity index is 970. The van der Waals surface area contributed by atoms with E-state index in [1.165, 1.54) is 0 Å². The van der Waals surface area contributed by atoms with Crippen LogP contribution in [-0.4, -0.2) is 60.5 Å². The molecular weight excluding hydrogens is 394 g/mol. The molecule has 1 N–H and O–H groups in total. The number of nitrogens with one attached hydrogen (secondary N) is 1. The number of piperazine rings is 1. The number of aliphatic imine (C=N–C) groups is 1. The molecule has 4 rings (SSSR count). The van der Waals surface area contributed by atoms with Crippen LogP contribution in [0, 0.1) is 12.8 Å². The lowest BCUT2D eigenvalue weighted by molar-refractivity contribution is -0.153. The maximum absolute atomic E-state index is 13.0. The van der Waals surface area contributed by atoms with Gasteiger partial charge in [0, 0.05) is 32.4 Å². The van der Waals surface area contributed by atoms with Crippen molar-refractivity contribution in [3.63, 3.8) is 0 Å². The molecule has 1 aromatic heterocycles. The Balaban J connectivity index is 1.57. The first kappa shape index (κ1) is 20.8. The van der Waals surface area contributed by atoms with Gasteiger partial charge in [-0.05, 0) is 31.5 Å². The highest BCUT2D eigenvalue weighted by atomic mass is 16.5. The number of hydrogen-bond acceptors (Lipinski definition) is 7. The molecule has 1 aromatic carbocycles. The predicted octanol–water partition coefficient (Wildman–Crippen LogP) is 1.92. The molecule has 31 heavy (non-hydrogen) atoms. The van der Waals surface area contributed by atoms with Crippen LogP contribution >= 0.6 is 0 Å². The van der Waals surface area contributed by atoms with Gasteiger partial charge in [0.05, 0.1) is 6.61 Å². The van der Waals surface area contributed by atoms with E-state index in [9.17, 15) is 9.59 Å². The largest absolute Gasteiger partial charge is 0.465 e. The van der Waals surface area contributed by atoms with Gasteiger partial charge in [0.1, 0.15) is 11.9 Å². The fourth-order valence-corrected chi connectivity index (χ4v) is 4.01. The third kappa shape index (κ3) is 4.52. The van der Waals surface area contributed by atoms with Crippen molar-refractivity contribution in [3.05, 3.63) is 59.8 Å². The summed E-state index contributed by atoms with van der Waals surface area (Å²) in [6, 6.07) is 13.0. The van der Waals surface area contributed by atoms with Crippen LogP contribution < -0.4 is 10.2 Å². The van der Waals surface area contributed by atoms with Crippen LogP contribution in [-0.2, 0) is 14.3 Å². The first-order chi connectivity index (χ1) is 15.1. The summed E-state index contributed by atoms with van der Waals surface area (Å²) in [5.74, 6) is -0.466. The minimum Gasteiger partial charge on any atom is -0.465 e. The van der Waals surface area contributed by atoms with Gasteiger partial charge in [-0.2, -0.15) is 0 Å². The lowest BCUT2D eigenvalue weighted by Crippen LogP contribution is -2.57. The molecule has 0 saturated carbocycles. The predicted molar refractivity (Wildman–Crippen MR) is 118 cm³/mol. The lowest BCUT2D eigenvalue weighted by Gasteiger charge is -2.39. The van der Waals surface area contributed by atoms with Crippen LogP contribution in [0.4, 0.5) is 5.82 Å². The highest BCUT2D eigenvalue weighted by Gasteiger charge is 2.42. The van der Waals surface area contributed by atoms with E-state index in [0.29, 0.717) is 19.0 Å². The van der Waals surface area contributed by atoms with Crippen LogP contribution in [0.5, 0.6) is 0 Å². The average molecular weight is 422 g/mol. The summed E-state index contributed by atoms with van der Waals surface area (Å²) in [5.41, 5.74) is 1.88. The molecule has 2 aliphatic rings. The Hall–Kier alpha value is -3.42. The highest BCUT2D eigenvalue weighted by Crippen LogP contribution is 2.31. The molecule has 2 aromatic rings. The van der Waals surface area contributed by atoms with Gasteiger partial charge in [-0.15, -0.1) is 0 Å². The van der Waals surface area contributed by atoms with Gasteiger partial charge < -0.3 is 14.5 Å². The molecule has 8 nitrogen and oxygen atoms in total. The SMILES string of the molecule is CCOC(=O)[C@@H]1C(=O)NC(N2CCN(c3ccccn3)CC2)=N[C@@H]1c1cccc(C)c1. The molecule has 2 atom stereocenters. The number of ether oxygens (including phenoxy) is 1. The van der Waals surface area contributed by atoms with Crippen molar-refractivity contribution in [2.75, 3.05) is 37.7 Å². The minimum atomic E-state index is -1.000. The van der Waals surface area contributed by atoms with E-state index in [4.69, 9.17) is 9.73 Å². The monoisotopic (exact) mass is 421 g/mol. The number of benzene rings is 1. The first-order valence-electron chi connectivity index (χ1n) is 10.6. The zero-order valence-corrected chi connectivity index (χ0v) is 17.8. The van der Waals surface area contributed by atoms with Crippen molar-refractivity contribution >= 4 is 23.7 Å². The fourth-order valence-electron chi connectivity index (χ4n) is 4.01. The molecule has 0 aliphatic carbocycles. The smallest absolute Gasteiger partial charge is 0.321 e. The second-order valence-electron chi connectivity index (χ2n) is 7.69. The molecular formula is C23H27N5O3. The van der Waals surface area contributed by atoms with E-state index in [1.807, 2.05) is 49.4 Å². The van der Waals surface area contributed by atoms with Gasteiger partial charge in [0.2, 0.25) is 11.9 Å². The summed E-state index contributed by atoms with van der Waals surface area (Å²) >= 11 is 0. The summed E-state index contributed by atoms with van der Waals surface area (Å²) in [5, 5.41) is 2.85. The zero-order valence-electron chi connectivity index (χ0n) is 17.8. The maximum atomic E-state index is 13.0. The van der Waals surface area contributed by atoms with E-state index >= 15 is 0 Å². The zero-order chi connectivity index (χ0) is 21.8. The van der Waals surface area contributed by atoms with Crippen LogP contribution in [0.1, 0.15) is 24.1 Å². The number of carbonyl (C=O) groups excluding carboxylic acids is 2. The quantitative estimate of drug-likeness (QED) is 0.600. The summed E-state index contributed by atoms with van der Waals surface area (Å²) in [7, 11) is 0. The molecule has 8 heteroatoms. The summed E-state index contributed by atoms with van der Waals surface area (Å²) in [6.45, 7) is 6.85. The normalized spacial score (nSPS) is 21.4. The van der Waals surface area contributed by atoms with Crippen LogP contribution in [0.3, 0.4) is 0 Å². The van der Waals surface area contributed by atoms with Crippen molar-refractivity contribution in [1.29, 1.82) is 0 Å². The van der Waals surface area contributed by atoms with Crippen molar-refractivity contribution in [1.82, 2.24) is 15.2 Å². The third-order valence-electron chi connectivity index (χ3n) is 5.57. The van der Waals surface area contributed by atoms with E-state index < -0.39 is 17.9 Å². The lowest BCUT2D eigenvalue weighted by atomic mass is 9.90. The Morgan fingerprint density at radius 2 is 1.90 bits per heavy atom. The Labute approximate surface area is 181 Å². The first-order valence-corrected chi connectivity index (χ1v) is 10.6. The van der Waals surface area contributed by atoms with Crippen LogP contribution in [0.25, 0.3) is 0 Å². The second-order valence-corrected chi connectivity index (χ2v) is 7.69. The molecule has 1 saturated heterocycles. The fraction of sp³-hybridized carbons (Fsp3) is 0.391. The number of pyridine rings is 1. The Morgan fingerprint density at radius 3 is 2.58 bits per heavy atom. The molecule has 162 valence electrons. The van der Waals surface area contributed by atoms with Crippen molar-refractivity contribution in [2.24, 2.45) is 10.9 Å². The number of esters is 1. The third-order valence-corrected chi connectivity index (χ3v) is 5.57. The van der Waals surface area contributed by atoms with Crippen LogP contribution in [0.2, 0.25) is 0 Å². The van der Waals surface area contributed by atoms with E-state index in [0.717, 1.165) is 30.0 Å². The maximum Gasteiger partial charge on any atom is 0.321 e. The number of amides is 1. The van der Waals surface area contributed by atoms with Crippen molar-refractivity contribution < 1.29 is 14.3 Å². The summed E-state index contributed by atoms with van der Waals surface area (Å²) in [6.07, 6.45) is 1.79. The standard InChI is InChI=1S/C23H27N5O3/c1-3-31-22(30)19-20(17-8-6-7-16(2)15-17)25-23(26-21(19)29)28-13-11-27(12-14-28)18-9-4-5-10-24-18/h4-10,15,19-20H,3,11-14H2,1-2H3,(H,25,26,29)/t19-,20+/m0/s1. The number of anilines is 1. The molecule has 1 amide bonds. The Kier molecular flexibility index (Phi) is 6.16. The average Bonchev–Trinajstić information content (AvgIpc) is 2.79. The van der Waals surface area contributed by atoms with E-state index in [1.54, 1.807) is 13.1 Å². The number of nitrogens with zero attached hydrogens (tertiary/aromatic N) is 4. The summed E-state index contributed by atoms with van der Waals surface area (Å²) < 4.78 is 5.18. The molecule has 1 fully saturated rings. The molecule has 2 aliphatic heterocycles. The number of guanidine groups is 1. The molecule has 0 spiro atoms. The number of aryl methyl sites for hydroxylation is 1. The van der Waals surface area contributed by atoms with Gasteiger partial charge in [-0.1, -0.05) is 35.9 Å². The minimum absolute atomic E-state index is 0.217. The summed E-state index contributed by atoms with van der Waals surface area (Å²) in [4.78, 5) is 39.1. The van der Waals surface area contributed by atoms with Gasteiger partial charge in [-0.3, -0.25) is 14.9 Å². The Morgan fingerprint density at radius 1 is 1.13 bits per heavy atom. The van der Waals surface area contributed by atoms with Gasteiger partial charge in [0.15, 0.2) is 5.92 Å². The topological polar surface area (TPSA) is 87.1 Å². The van der Waals surface area contributed by atoms with E-state index in [2.05, 4.69) is 20.1 Å². The van der Waals surface area contributed by atoms with E-state index in [-0.39, 0.29) is 12.5 Å². The van der Waals surface area contributed by atoms with Gasteiger partial charge >= 0.3 is 5.97 Å². The number of aromatic nitrogens is 1. The number of rotatable bonds is 4. The molecule has 0 radical (unpaired) electrons. The van der Waals surface area contributed by atoms with Crippen molar-refractivity contribution in [3.8, 4) is 0 Å². The molecule has 0 unspecified atom stereocenters. The van der Waals surface area contributed by atoms with Gasteiger partial charge in [-0.25, -0.2) is 9.98 Å². The molecule has 0 bridgehead atoms. The van der Waals surface area contributed by atoms with Crippen molar-refractivity contribution in [2.45, 2.75) is 19.9 Å². The van der Waals surface area contributed by atoms with Gasteiger partial charge in [0.25, 0.3) is 0 Å². The number of carbonyl (C=O) groups is 2. The molecule has 3 heterocycles. The second kappa shape index (κ2) is 9.16. The highest BCUT2D eigenvalue weighted by molar-refractivity contribution is 6.08.